The van der Waals surface area contributed by atoms with Crippen LogP contribution in [-0.2, 0) is 10.9 Å². The highest BCUT2D eigenvalue weighted by Gasteiger charge is 2.38. The number of amides is 1. The van der Waals surface area contributed by atoms with Gasteiger partial charge >= 0.3 is 6.18 Å². The summed E-state index contributed by atoms with van der Waals surface area (Å²) < 4.78 is 62.1. The van der Waals surface area contributed by atoms with Crippen LogP contribution < -0.4 is 10.9 Å². The van der Waals surface area contributed by atoms with E-state index in [1.54, 1.807) is 4.90 Å². The number of nitrogens with one attached hydrogen (secondary N) is 2. The largest absolute Gasteiger partial charge is 0.433 e. The summed E-state index contributed by atoms with van der Waals surface area (Å²) in [7, 11) is 0. The van der Waals surface area contributed by atoms with Crippen molar-refractivity contribution in [3.05, 3.63) is 63.1 Å². The number of aryl methyl sites for hydroxylation is 1. The van der Waals surface area contributed by atoms with Crippen LogP contribution in [0, 0.1) is 12.7 Å². The van der Waals surface area contributed by atoms with Crippen LogP contribution in [-0.4, -0.2) is 51.1 Å². The number of alkyl halides is 3. The Morgan fingerprint density at radius 3 is 2.53 bits per heavy atom. The van der Waals surface area contributed by atoms with E-state index in [0.29, 0.717) is 13.1 Å². The van der Waals surface area contributed by atoms with Crippen LogP contribution >= 0.6 is 0 Å². The van der Waals surface area contributed by atoms with Crippen molar-refractivity contribution in [1.29, 1.82) is 0 Å². The lowest BCUT2D eigenvalue weighted by Gasteiger charge is -2.32. The number of likely N-dealkylation sites (tertiary alicyclic amines) is 1. The van der Waals surface area contributed by atoms with Gasteiger partial charge in [-0.2, -0.15) is 13.2 Å². The Morgan fingerprint density at radius 2 is 1.89 bits per heavy atom. The fourth-order valence-electron chi connectivity index (χ4n) is 4.79. The van der Waals surface area contributed by atoms with Crippen molar-refractivity contribution >= 4 is 22.6 Å². The highest BCUT2D eigenvalue weighted by molar-refractivity contribution is 5.94. The van der Waals surface area contributed by atoms with Crippen molar-refractivity contribution in [3.8, 4) is 0 Å². The van der Waals surface area contributed by atoms with E-state index < -0.39 is 29.3 Å². The molecule has 190 valence electrons. The number of anilines is 1. The molecule has 4 heterocycles. The van der Waals surface area contributed by atoms with Crippen LogP contribution in [0.2, 0.25) is 0 Å². The van der Waals surface area contributed by atoms with Crippen LogP contribution in [0.25, 0.3) is 11.0 Å². The average Bonchev–Trinajstić information content (AvgIpc) is 3.15. The molecule has 0 aliphatic carbocycles. The van der Waals surface area contributed by atoms with Gasteiger partial charge in [0.2, 0.25) is 0 Å². The van der Waals surface area contributed by atoms with E-state index in [2.05, 4.69) is 20.3 Å². The molecule has 3 atom stereocenters. The summed E-state index contributed by atoms with van der Waals surface area (Å²) in [6.07, 6.45) is -3.08. The van der Waals surface area contributed by atoms with Crippen molar-refractivity contribution in [2.45, 2.75) is 51.1 Å². The standard InChI is InChI=1S/C24H23F4N5O3/c1-11(16-8-17-21(30-12(2)31-22(17)34)32-20(16)24(26,27)28)29-19-6-3-13(7-18(19)25)23(35)33-9-14-4-5-15(10-33)36-14/h3,6-8,11,14-15,29H,4-5,9-10H2,1-2H3,(H,30,31,32,34). The maximum Gasteiger partial charge on any atom is 0.433 e. The number of fused-ring (bicyclic) bond motifs is 3. The number of nitrogens with zero attached hydrogens (tertiary/aromatic N) is 3. The van der Waals surface area contributed by atoms with Crippen LogP contribution in [0.3, 0.4) is 0 Å². The highest BCUT2D eigenvalue weighted by atomic mass is 19.4. The first kappa shape index (κ1) is 24.2. The Hall–Kier alpha value is -3.54. The van der Waals surface area contributed by atoms with Crippen LogP contribution in [0.5, 0.6) is 0 Å². The molecule has 5 rings (SSSR count). The first-order valence-corrected chi connectivity index (χ1v) is 11.5. The minimum Gasteiger partial charge on any atom is -0.376 e. The maximum absolute atomic E-state index is 15.0. The predicted octanol–water partition coefficient (Wildman–Crippen LogP) is 3.96. The van der Waals surface area contributed by atoms with Gasteiger partial charge in [-0.05, 0) is 51.0 Å². The van der Waals surface area contributed by atoms with E-state index in [0.717, 1.165) is 25.0 Å². The van der Waals surface area contributed by atoms with Crippen molar-refractivity contribution < 1.29 is 27.1 Å². The number of hydrogen-bond donors (Lipinski definition) is 2. The molecule has 12 heteroatoms. The van der Waals surface area contributed by atoms with Crippen LogP contribution in [0.1, 0.15) is 53.2 Å². The van der Waals surface area contributed by atoms with E-state index in [9.17, 15) is 27.2 Å². The quantitative estimate of drug-likeness (QED) is 0.521. The molecule has 3 unspecified atom stereocenters. The highest BCUT2D eigenvalue weighted by Crippen LogP contribution is 2.36. The third-order valence-electron chi connectivity index (χ3n) is 6.50. The van der Waals surface area contributed by atoms with Crippen molar-refractivity contribution in [2.75, 3.05) is 18.4 Å². The number of aromatic amines is 1. The minimum absolute atomic E-state index is 0.0101. The van der Waals surface area contributed by atoms with E-state index in [4.69, 9.17) is 4.74 Å². The monoisotopic (exact) mass is 505 g/mol. The Labute approximate surface area is 202 Å². The molecule has 2 aromatic heterocycles. The molecule has 0 spiro atoms. The number of morpholine rings is 1. The fraction of sp³-hybridized carbons (Fsp3) is 0.417. The molecule has 1 aromatic carbocycles. The lowest BCUT2D eigenvalue weighted by atomic mass is 10.0. The predicted molar refractivity (Wildman–Crippen MR) is 122 cm³/mol. The smallest absolute Gasteiger partial charge is 0.376 e. The maximum atomic E-state index is 15.0. The minimum atomic E-state index is -4.83. The van der Waals surface area contributed by atoms with E-state index in [1.165, 1.54) is 26.0 Å². The summed E-state index contributed by atoms with van der Waals surface area (Å²) in [4.78, 5) is 36.7. The molecule has 1 amide bonds. The molecule has 2 saturated heterocycles. The van der Waals surface area contributed by atoms with Gasteiger partial charge in [0.1, 0.15) is 11.6 Å². The van der Waals surface area contributed by atoms with E-state index in [-0.39, 0.29) is 51.8 Å². The fourth-order valence-corrected chi connectivity index (χ4v) is 4.79. The third kappa shape index (κ3) is 4.52. The van der Waals surface area contributed by atoms with Gasteiger partial charge in [0, 0.05) is 24.2 Å². The number of aromatic nitrogens is 3. The lowest BCUT2D eigenvalue weighted by Crippen LogP contribution is -2.45. The number of hydrogen-bond acceptors (Lipinski definition) is 6. The van der Waals surface area contributed by atoms with E-state index >= 15 is 0 Å². The summed E-state index contributed by atoms with van der Waals surface area (Å²) in [5.41, 5.74) is -2.47. The Morgan fingerprint density at radius 1 is 1.19 bits per heavy atom. The molecular formula is C24H23F4N5O3. The number of H-pyrrole nitrogens is 1. The van der Waals surface area contributed by atoms with Gasteiger partial charge in [-0.3, -0.25) is 9.59 Å². The Bertz CT molecular complexity index is 1390. The number of halogens is 4. The van der Waals surface area contributed by atoms with Gasteiger partial charge in [-0.15, -0.1) is 0 Å². The van der Waals surface area contributed by atoms with Crippen molar-refractivity contribution in [3.63, 3.8) is 0 Å². The number of carbonyl (C=O) groups excluding carboxylic acids is 1. The van der Waals surface area contributed by atoms with Gasteiger partial charge in [0.25, 0.3) is 11.5 Å². The second kappa shape index (κ2) is 8.84. The topological polar surface area (TPSA) is 100 Å². The summed E-state index contributed by atoms with van der Waals surface area (Å²) in [6, 6.07) is 3.79. The molecule has 2 bridgehead atoms. The van der Waals surface area contributed by atoms with Gasteiger partial charge in [0.15, 0.2) is 11.3 Å². The second-order valence-electron chi connectivity index (χ2n) is 9.17. The number of carbonyl (C=O) groups is 1. The molecule has 8 nitrogen and oxygen atoms in total. The summed E-state index contributed by atoms with van der Waals surface area (Å²) in [6.45, 7) is 3.72. The molecule has 3 aromatic rings. The molecule has 36 heavy (non-hydrogen) atoms. The van der Waals surface area contributed by atoms with E-state index in [1.807, 2.05) is 0 Å². The van der Waals surface area contributed by atoms with Gasteiger partial charge in [0.05, 0.1) is 29.3 Å². The lowest BCUT2D eigenvalue weighted by molar-refractivity contribution is -0.141. The van der Waals surface area contributed by atoms with Gasteiger partial charge in [-0.1, -0.05) is 0 Å². The van der Waals surface area contributed by atoms with Gasteiger partial charge < -0.3 is 19.9 Å². The SMILES string of the molecule is Cc1nc2nc(C(F)(F)F)c(C(C)Nc3ccc(C(=O)N4CC5CCC(C4)O5)cc3F)cc2c(=O)[nH]1. The molecule has 2 aliphatic rings. The molecule has 2 fully saturated rings. The summed E-state index contributed by atoms with van der Waals surface area (Å²) >= 11 is 0. The van der Waals surface area contributed by atoms with Crippen molar-refractivity contribution in [1.82, 2.24) is 19.9 Å². The molecule has 2 aliphatic heterocycles. The molecule has 0 radical (unpaired) electrons. The summed E-state index contributed by atoms with van der Waals surface area (Å²) in [5.74, 6) is -0.983. The molecular weight excluding hydrogens is 482 g/mol. The zero-order valence-corrected chi connectivity index (χ0v) is 19.4. The Balaban J connectivity index is 1.42. The first-order chi connectivity index (χ1) is 17.0. The Kier molecular flexibility index (Phi) is 5.93. The van der Waals surface area contributed by atoms with Gasteiger partial charge in [-0.25, -0.2) is 14.4 Å². The first-order valence-electron chi connectivity index (χ1n) is 11.5. The van der Waals surface area contributed by atoms with Crippen molar-refractivity contribution in [2.24, 2.45) is 0 Å². The second-order valence-corrected chi connectivity index (χ2v) is 9.17. The average molecular weight is 505 g/mol. The number of rotatable bonds is 4. The zero-order chi connectivity index (χ0) is 25.8. The third-order valence-corrected chi connectivity index (χ3v) is 6.50. The molecule has 0 saturated carbocycles. The molecule has 2 N–H and O–H groups in total. The number of ether oxygens (including phenoxy) is 1. The zero-order valence-electron chi connectivity index (χ0n) is 19.4. The van der Waals surface area contributed by atoms with Crippen LogP contribution in [0.4, 0.5) is 23.2 Å². The number of pyridine rings is 1. The number of benzene rings is 1. The van der Waals surface area contributed by atoms with Crippen LogP contribution in [0.15, 0.2) is 29.1 Å². The summed E-state index contributed by atoms with van der Waals surface area (Å²) in [5, 5.41) is 2.60. The normalized spacial score (nSPS) is 20.6.